The fourth-order valence-electron chi connectivity index (χ4n) is 3.89. The molecule has 0 atom stereocenters. The fraction of sp³-hybridized carbons (Fsp3) is 0.111. The maximum Gasteiger partial charge on any atom is 0.344 e. The molecule has 0 spiro atoms. The van der Waals surface area contributed by atoms with Gasteiger partial charge in [-0.05, 0) is 61.2 Å². The Morgan fingerprint density at radius 3 is 2.18 bits per heavy atom. The Morgan fingerprint density at radius 2 is 1.59 bits per heavy atom. The minimum Gasteiger partial charge on any atom is -0.422 e. The van der Waals surface area contributed by atoms with Crippen LogP contribution >= 0.6 is 0 Å². The molecule has 4 aromatic rings. The SMILES string of the molecule is C=CCc1c(-c2ccc(N(C(C)=O)S(=O)(=O)c3ccc(C)cc3)cc2)oc(=O)c2ccccc12. The lowest BCUT2D eigenvalue weighted by Gasteiger charge is -2.21. The first kappa shape index (κ1) is 23.2. The molecule has 1 amide bonds. The number of nitrogens with zero attached hydrogens (tertiary/aromatic N) is 1. The van der Waals surface area contributed by atoms with E-state index in [1.165, 1.54) is 31.2 Å². The van der Waals surface area contributed by atoms with Crippen molar-refractivity contribution in [3.05, 3.63) is 107 Å². The molecule has 0 radical (unpaired) electrons. The first-order valence-corrected chi connectivity index (χ1v) is 12.1. The van der Waals surface area contributed by atoms with Gasteiger partial charge in [0.25, 0.3) is 10.0 Å². The molecule has 3 aromatic carbocycles. The van der Waals surface area contributed by atoms with Crippen LogP contribution in [0.25, 0.3) is 22.1 Å². The predicted molar refractivity (Wildman–Crippen MR) is 133 cm³/mol. The average molecular weight is 474 g/mol. The summed E-state index contributed by atoms with van der Waals surface area (Å²) in [5.41, 5.74) is 2.01. The summed E-state index contributed by atoms with van der Waals surface area (Å²) in [6.45, 7) is 6.86. The highest BCUT2D eigenvalue weighted by molar-refractivity contribution is 7.93. The van der Waals surface area contributed by atoms with Gasteiger partial charge in [-0.1, -0.05) is 42.0 Å². The first-order valence-electron chi connectivity index (χ1n) is 10.6. The number of aryl methyl sites for hydroxylation is 1. The Morgan fingerprint density at radius 1 is 0.971 bits per heavy atom. The van der Waals surface area contributed by atoms with Crippen LogP contribution < -0.4 is 9.93 Å². The second-order valence-corrected chi connectivity index (χ2v) is 9.67. The van der Waals surface area contributed by atoms with Gasteiger partial charge < -0.3 is 4.42 Å². The van der Waals surface area contributed by atoms with E-state index in [1.54, 1.807) is 42.5 Å². The van der Waals surface area contributed by atoms with Gasteiger partial charge in [-0.3, -0.25) is 4.79 Å². The lowest BCUT2D eigenvalue weighted by Crippen LogP contribution is -2.35. The van der Waals surface area contributed by atoms with Crippen LogP contribution in [0.5, 0.6) is 0 Å². The quantitative estimate of drug-likeness (QED) is 0.358. The van der Waals surface area contributed by atoms with Gasteiger partial charge >= 0.3 is 5.63 Å². The largest absolute Gasteiger partial charge is 0.422 e. The van der Waals surface area contributed by atoms with Crippen LogP contribution in [0.3, 0.4) is 0 Å². The third-order valence-corrected chi connectivity index (χ3v) is 7.32. The van der Waals surface area contributed by atoms with Crippen molar-refractivity contribution in [3.8, 4) is 11.3 Å². The number of fused-ring (bicyclic) bond motifs is 1. The third kappa shape index (κ3) is 4.18. The van der Waals surface area contributed by atoms with Crippen LogP contribution in [0.2, 0.25) is 0 Å². The van der Waals surface area contributed by atoms with Crippen LogP contribution in [0.1, 0.15) is 18.1 Å². The Hall–Kier alpha value is -3.97. The molecule has 1 aromatic heterocycles. The molecule has 7 heteroatoms. The van der Waals surface area contributed by atoms with E-state index in [2.05, 4.69) is 6.58 Å². The number of carbonyl (C=O) groups is 1. The number of amides is 1. The molecular formula is C27H23NO5S. The summed E-state index contributed by atoms with van der Waals surface area (Å²) < 4.78 is 32.8. The highest BCUT2D eigenvalue weighted by Gasteiger charge is 2.28. The predicted octanol–water partition coefficient (Wildman–Crippen LogP) is 5.24. The van der Waals surface area contributed by atoms with Crippen molar-refractivity contribution in [3.63, 3.8) is 0 Å². The maximum absolute atomic E-state index is 13.2. The second-order valence-electron chi connectivity index (χ2n) is 7.88. The van der Waals surface area contributed by atoms with E-state index in [4.69, 9.17) is 4.42 Å². The maximum atomic E-state index is 13.2. The molecule has 0 aliphatic rings. The van der Waals surface area contributed by atoms with Crippen LogP contribution in [-0.4, -0.2) is 14.3 Å². The average Bonchev–Trinajstić information content (AvgIpc) is 2.81. The molecule has 0 fully saturated rings. The van der Waals surface area contributed by atoms with Crippen molar-refractivity contribution in [2.24, 2.45) is 0 Å². The standard InChI is InChI=1S/C27H23NO5S/c1-4-7-24-23-8-5-6-9-25(23)27(30)33-26(24)20-12-14-21(15-13-20)28(19(3)29)34(31,32)22-16-10-18(2)11-17-22/h4-6,8-17H,1,7H2,2-3H3. The number of sulfonamides is 1. The minimum absolute atomic E-state index is 0.0196. The summed E-state index contributed by atoms with van der Waals surface area (Å²) in [5.74, 6) is -0.260. The van der Waals surface area contributed by atoms with E-state index in [9.17, 15) is 18.0 Å². The lowest BCUT2D eigenvalue weighted by molar-refractivity contribution is -0.115. The number of rotatable bonds is 6. The van der Waals surface area contributed by atoms with Crippen molar-refractivity contribution in [2.45, 2.75) is 25.2 Å². The molecular weight excluding hydrogens is 450 g/mol. The Kier molecular flexibility index (Phi) is 6.22. The Labute approximate surface area is 197 Å². The van der Waals surface area contributed by atoms with Gasteiger partial charge in [-0.2, -0.15) is 0 Å². The zero-order valence-electron chi connectivity index (χ0n) is 18.8. The van der Waals surface area contributed by atoms with E-state index < -0.39 is 21.6 Å². The molecule has 0 N–H and O–H groups in total. The molecule has 0 saturated heterocycles. The van der Waals surface area contributed by atoms with Crippen molar-refractivity contribution in [1.82, 2.24) is 0 Å². The number of hydrogen-bond donors (Lipinski definition) is 0. The normalized spacial score (nSPS) is 11.4. The summed E-state index contributed by atoms with van der Waals surface area (Å²) in [5, 5.41) is 1.25. The number of allylic oxidation sites excluding steroid dienone is 1. The smallest absolute Gasteiger partial charge is 0.344 e. The molecule has 0 aliphatic carbocycles. The molecule has 0 saturated carbocycles. The molecule has 0 bridgehead atoms. The van der Waals surface area contributed by atoms with E-state index in [0.29, 0.717) is 23.1 Å². The van der Waals surface area contributed by atoms with Gasteiger partial charge in [0.15, 0.2) is 0 Å². The summed E-state index contributed by atoms with van der Waals surface area (Å²) >= 11 is 0. The topological polar surface area (TPSA) is 84.7 Å². The number of hydrogen-bond acceptors (Lipinski definition) is 5. The number of anilines is 1. The Balaban J connectivity index is 1.81. The van der Waals surface area contributed by atoms with Crippen molar-refractivity contribution < 1.29 is 17.6 Å². The van der Waals surface area contributed by atoms with Crippen LogP contribution in [0, 0.1) is 6.92 Å². The highest BCUT2D eigenvalue weighted by Crippen LogP contribution is 2.32. The molecule has 0 unspecified atom stereocenters. The summed E-state index contributed by atoms with van der Waals surface area (Å²) in [4.78, 5) is 25.0. The van der Waals surface area contributed by atoms with Crippen LogP contribution in [0.4, 0.5) is 5.69 Å². The van der Waals surface area contributed by atoms with Gasteiger partial charge in [-0.15, -0.1) is 6.58 Å². The van der Waals surface area contributed by atoms with Gasteiger partial charge in [0, 0.05) is 18.1 Å². The van der Waals surface area contributed by atoms with E-state index in [-0.39, 0.29) is 10.6 Å². The van der Waals surface area contributed by atoms with Gasteiger partial charge in [-0.25, -0.2) is 17.5 Å². The summed E-state index contributed by atoms with van der Waals surface area (Å²) in [6, 6.07) is 19.8. The fourth-order valence-corrected chi connectivity index (χ4v) is 5.32. The van der Waals surface area contributed by atoms with Crippen LogP contribution in [-0.2, 0) is 21.2 Å². The molecule has 4 rings (SSSR count). The number of carbonyl (C=O) groups excluding carboxylic acids is 1. The monoisotopic (exact) mass is 473 g/mol. The van der Waals surface area contributed by atoms with E-state index >= 15 is 0 Å². The molecule has 6 nitrogen and oxygen atoms in total. The Bertz CT molecular complexity index is 1550. The van der Waals surface area contributed by atoms with Gasteiger partial charge in [0.05, 0.1) is 16.0 Å². The van der Waals surface area contributed by atoms with Crippen molar-refractivity contribution in [2.75, 3.05) is 4.31 Å². The van der Waals surface area contributed by atoms with E-state index in [1.807, 2.05) is 19.1 Å². The lowest BCUT2D eigenvalue weighted by atomic mass is 9.99. The van der Waals surface area contributed by atoms with Crippen LogP contribution in [0.15, 0.2) is 99.6 Å². The van der Waals surface area contributed by atoms with E-state index in [0.717, 1.165) is 20.8 Å². The van der Waals surface area contributed by atoms with Gasteiger partial charge in [0.1, 0.15) is 5.76 Å². The highest BCUT2D eigenvalue weighted by atomic mass is 32.2. The van der Waals surface area contributed by atoms with Crippen molar-refractivity contribution in [1.29, 1.82) is 0 Å². The first-order chi connectivity index (χ1) is 16.2. The van der Waals surface area contributed by atoms with Crippen molar-refractivity contribution >= 4 is 32.4 Å². The van der Waals surface area contributed by atoms with Gasteiger partial charge in [0.2, 0.25) is 5.91 Å². The summed E-state index contributed by atoms with van der Waals surface area (Å²) in [6.07, 6.45) is 2.20. The zero-order valence-corrected chi connectivity index (χ0v) is 19.6. The molecule has 1 heterocycles. The molecule has 34 heavy (non-hydrogen) atoms. The zero-order chi connectivity index (χ0) is 24.5. The molecule has 0 aliphatic heterocycles. The third-order valence-electron chi connectivity index (χ3n) is 5.50. The summed E-state index contributed by atoms with van der Waals surface area (Å²) in [7, 11) is -4.10. The minimum atomic E-state index is -4.10. The second kappa shape index (κ2) is 9.11. The number of benzene rings is 3. The molecule has 172 valence electrons.